The van der Waals surface area contributed by atoms with Crippen LogP contribution >= 0.6 is 0 Å². The highest BCUT2D eigenvalue weighted by atomic mass is 15.3. The van der Waals surface area contributed by atoms with E-state index in [-0.39, 0.29) is 0 Å². The molecule has 0 saturated carbocycles. The molecule has 2 rings (SSSR count). The number of nitrogens with zero attached hydrogens (tertiary/aromatic N) is 2. The summed E-state index contributed by atoms with van der Waals surface area (Å²) in [6, 6.07) is 10.5. The highest BCUT2D eigenvalue weighted by Crippen LogP contribution is 2.26. The number of hydrogen-bond acceptors (Lipinski definition) is 1. The number of hydrogen-bond donors (Lipinski definition) is 0. The van der Waals surface area contributed by atoms with E-state index >= 15 is 0 Å². The molecule has 0 saturated heterocycles. The molecule has 1 heterocycles. The van der Waals surface area contributed by atoms with Crippen molar-refractivity contribution in [3.63, 3.8) is 0 Å². The zero-order valence-corrected chi connectivity index (χ0v) is 11.8. The van der Waals surface area contributed by atoms with Crippen molar-refractivity contribution in [2.75, 3.05) is 0 Å². The number of para-hydroxylation sites is 1. The van der Waals surface area contributed by atoms with Gasteiger partial charge in [-0.15, -0.1) is 0 Å². The van der Waals surface area contributed by atoms with Gasteiger partial charge in [-0.1, -0.05) is 51.0 Å². The van der Waals surface area contributed by atoms with Crippen LogP contribution in [-0.2, 0) is 0 Å². The van der Waals surface area contributed by atoms with E-state index in [9.17, 15) is 0 Å². The molecule has 0 aliphatic rings. The summed E-state index contributed by atoms with van der Waals surface area (Å²) in [6.07, 6.45) is 10.8. The standard InChI is InChI=1S/C17H22N2/c1-3-5-10-15(9-4-2)16-11-6-7-12-17(16)19-14-8-13-18-19/h6-8,10-14H,3-5,9H2,1-2H3/b15-10+. The Kier molecular flexibility index (Phi) is 4.96. The van der Waals surface area contributed by atoms with E-state index in [0.29, 0.717) is 0 Å². The van der Waals surface area contributed by atoms with Crippen LogP contribution in [0.25, 0.3) is 11.3 Å². The Bertz CT molecular complexity index is 524. The van der Waals surface area contributed by atoms with Crippen molar-refractivity contribution in [1.29, 1.82) is 0 Å². The zero-order chi connectivity index (χ0) is 13.5. The molecule has 0 bridgehead atoms. The van der Waals surface area contributed by atoms with Gasteiger partial charge in [0, 0.05) is 18.0 Å². The first-order valence-corrected chi connectivity index (χ1v) is 7.15. The van der Waals surface area contributed by atoms with E-state index in [0.717, 1.165) is 12.8 Å². The Balaban J connectivity index is 2.42. The van der Waals surface area contributed by atoms with Crippen LogP contribution in [0, 0.1) is 0 Å². The maximum atomic E-state index is 4.36. The number of rotatable bonds is 6. The minimum atomic E-state index is 1.12. The lowest BCUT2D eigenvalue weighted by Crippen LogP contribution is -1.99. The fraction of sp³-hybridized carbons (Fsp3) is 0.353. The Morgan fingerprint density at radius 3 is 2.68 bits per heavy atom. The second-order valence-electron chi connectivity index (χ2n) is 4.74. The zero-order valence-electron chi connectivity index (χ0n) is 11.8. The van der Waals surface area contributed by atoms with Gasteiger partial charge in [-0.25, -0.2) is 4.68 Å². The fourth-order valence-electron chi connectivity index (χ4n) is 2.29. The lowest BCUT2D eigenvalue weighted by molar-refractivity contribution is 0.871. The smallest absolute Gasteiger partial charge is 0.0720 e. The molecule has 0 N–H and O–H groups in total. The lowest BCUT2D eigenvalue weighted by Gasteiger charge is -2.13. The quantitative estimate of drug-likeness (QED) is 0.720. The first kappa shape index (κ1) is 13.6. The van der Waals surface area contributed by atoms with Crippen molar-refractivity contribution < 1.29 is 0 Å². The summed E-state index contributed by atoms with van der Waals surface area (Å²) in [5, 5.41) is 4.36. The molecule has 0 radical (unpaired) electrons. The average Bonchev–Trinajstić information content (AvgIpc) is 2.97. The number of benzene rings is 1. The van der Waals surface area contributed by atoms with Crippen LogP contribution in [0.1, 0.15) is 45.1 Å². The summed E-state index contributed by atoms with van der Waals surface area (Å²) in [7, 11) is 0. The molecule has 0 aliphatic carbocycles. The minimum absolute atomic E-state index is 1.12. The molecule has 0 spiro atoms. The normalized spacial score (nSPS) is 11.8. The molecular formula is C17H22N2. The molecule has 19 heavy (non-hydrogen) atoms. The predicted molar refractivity (Wildman–Crippen MR) is 81.4 cm³/mol. The maximum Gasteiger partial charge on any atom is 0.0720 e. The van der Waals surface area contributed by atoms with Crippen molar-refractivity contribution in [2.24, 2.45) is 0 Å². The Hall–Kier alpha value is -1.83. The van der Waals surface area contributed by atoms with Crippen LogP contribution in [0.15, 0.2) is 48.8 Å². The van der Waals surface area contributed by atoms with Crippen molar-refractivity contribution in [1.82, 2.24) is 9.78 Å². The third-order valence-corrected chi connectivity index (χ3v) is 3.20. The van der Waals surface area contributed by atoms with E-state index in [2.05, 4.69) is 49.3 Å². The number of unbranched alkanes of at least 4 members (excludes halogenated alkanes) is 1. The fourth-order valence-corrected chi connectivity index (χ4v) is 2.29. The van der Waals surface area contributed by atoms with Crippen LogP contribution in [0.2, 0.25) is 0 Å². The van der Waals surface area contributed by atoms with Crippen LogP contribution in [0.5, 0.6) is 0 Å². The Morgan fingerprint density at radius 2 is 2.00 bits per heavy atom. The summed E-state index contributed by atoms with van der Waals surface area (Å²) in [5.41, 5.74) is 3.92. The molecule has 2 aromatic rings. The molecule has 2 heteroatoms. The molecule has 0 aliphatic heterocycles. The van der Waals surface area contributed by atoms with Gasteiger partial charge in [-0.3, -0.25) is 0 Å². The Morgan fingerprint density at radius 1 is 1.16 bits per heavy atom. The first-order valence-electron chi connectivity index (χ1n) is 7.15. The van der Waals surface area contributed by atoms with Gasteiger partial charge in [-0.2, -0.15) is 5.10 Å². The van der Waals surface area contributed by atoms with Gasteiger partial charge in [0.15, 0.2) is 0 Å². The van der Waals surface area contributed by atoms with E-state index in [4.69, 9.17) is 0 Å². The van der Waals surface area contributed by atoms with E-state index < -0.39 is 0 Å². The minimum Gasteiger partial charge on any atom is -0.240 e. The third kappa shape index (κ3) is 3.34. The number of allylic oxidation sites excluding steroid dienone is 2. The summed E-state index contributed by atoms with van der Waals surface area (Å²) < 4.78 is 1.95. The van der Waals surface area contributed by atoms with E-state index in [1.807, 2.05) is 23.1 Å². The summed E-state index contributed by atoms with van der Waals surface area (Å²) >= 11 is 0. The maximum absolute atomic E-state index is 4.36. The summed E-state index contributed by atoms with van der Waals surface area (Å²) in [5.74, 6) is 0. The van der Waals surface area contributed by atoms with Crippen LogP contribution in [-0.4, -0.2) is 9.78 Å². The van der Waals surface area contributed by atoms with Crippen molar-refractivity contribution >= 4 is 5.57 Å². The molecule has 2 nitrogen and oxygen atoms in total. The first-order chi connectivity index (χ1) is 9.36. The largest absolute Gasteiger partial charge is 0.240 e. The molecule has 0 fully saturated rings. The van der Waals surface area contributed by atoms with Gasteiger partial charge in [0.1, 0.15) is 0 Å². The van der Waals surface area contributed by atoms with Crippen molar-refractivity contribution in [3.05, 3.63) is 54.4 Å². The molecule has 1 aromatic heterocycles. The predicted octanol–water partition coefficient (Wildman–Crippen LogP) is 4.86. The van der Waals surface area contributed by atoms with Gasteiger partial charge in [0.25, 0.3) is 0 Å². The third-order valence-electron chi connectivity index (χ3n) is 3.20. The average molecular weight is 254 g/mol. The molecule has 0 atom stereocenters. The second-order valence-corrected chi connectivity index (χ2v) is 4.74. The van der Waals surface area contributed by atoms with Crippen LogP contribution in [0.3, 0.4) is 0 Å². The second kappa shape index (κ2) is 6.93. The van der Waals surface area contributed by atoms with Crippen molar-refractivity contribution in [3.8, 4) is 5.69 Å². The van der Waals surface area contributed by atoms with Crippen LogP contribution in [0.4, 0.5) is 0 Å². The molecule has 0 unspecified atom stereocenters. The molecule has 0 amide bonds. The Labute approximate surface area is 115 Å². The summed E-state index contributed by atoms with van der Waals surface area (Å²) in [4.78, 5) is 0. The van der Waals surface area contributed by atoms with Gasteiger partial charge in [-0.05, 0) is 30.5 Å². The van der Waals surface area contributed by atoms with E-state index in [1.165, 1.54) is 29.7 Å². The van der Waals surface area contributed by atoms with Crippen molar-refractivity contribution in [2.45, 2.75) is 39.5 Å². The van der Waals surface area contributed by atoms with E-state index in [1.54, 1.807) is 0 Å². The van der Waals surface area contributed by atoms with Gasteiger partial charge >= 0.3 is 0 Å². The molecule has 1 aromatic carbocycles. The van der Waals surface area contributed by atoms with Gasteiger partial charge in [0.2, 0.25) is 0 Å². The molecule has 100 valence electrons. The van der Waals surface area contributed by atoms with Gasteiger partial charge < -0.3 is 0 Å². The monoisotopic (exact) mass is 254 g/mol. The number of aromatic nitrogens is 2. The van der Waals surface area contributed by atoms with Crippen LogP contribution < -0.4 is 0 Å². The summed E-state index contributed by atoms with van der Waals surface area (Å²) in [6.45, 7) is 4.45. The SMILES string of the molecule is CCC/C=C(\CCC)c1ccccc1-n1cccn1. The molecular weight excluding hydrogens is 232 g/mol. The topological polar surface area (TPSA) is 17.8 Å². The van der Waals surface area contributed by atoms with Gasteiger partial charge in [0.05, 0.1) is 5.69 Å². The lowest BCUT2D eigenvalue weighted by atomic mass is 9.98. The highest BCUT2D eigenvalue weighted by molar-refractivity contribution is 5.72. The highest BCUT2D eigenvalue weighted by Gasteiger charge is 2.08.